The van der Waals surface area contributed by atoms with Crippen molar-refractivity contribution >= 4 is 75.6 Å². The molecule has 0 aliphatic carbocycles. The van der Waals surface area contributed by atoms with Gasteiger partial charge in [0.25, 0.3) is 23.6 Å². The predicted octanol–water partition coefficient (Wildman–Crippen LogP) is 5.83. The number of carbonyl (C=O) groups excluding carboxylic acids is 4. The topological polar surface area (TPSA) is 385 Å². The third-order valence-corrected chi connectivity index (χ3v) is 21.0. The van der Waals surface area contributed by atoms with E-state index >= 15 is 0 Å². The van der Waals surface area contributed by atoms with Crippen LogP contribution in [0.2, 0.25) is 0 Å². The van der Waals surface area contributed by atoms with Crippen molar-refractivity contribution in [2.24, 2.45) is 9.98 Å². The third-order valence-electron chi connectivity index (χ3n) is 21.0. The molecule has 4 unspecified atom stereocenters. The Morgan fingerprint density at radius 1 is 0.473 bits per heavy atom. The largest absolute Gasteiger partial charge is 0.476 e. The van der Waals surface area contributed by atoms with Gasteiger partial charge in [0, 0.05) is 79.8 Å². The van der Waals surface area contributed by atoms with Crippen LogP contribution in [0.5, 0.6) is 23.5 Å². The highest BCUT2D eigenvalue weighted by Crippen LogP contribution is 2.44. The molecule has 0 spiro atoms. The van der Waals surface area contributed by atoms with Crippen LogP contribution < -0.4 is 61.5 Å². The van der Waals surface area contributed by atoms with Gasteiger partial charge in [0.1, 0.15) is 101 Å². The first-order valence-electron chi connectivity index (χ1n) is 36.9. The number of halogens is 4. The Balaban J connectivity index is 0.000000108. The highest BCUT2D eigenvalue weighted by Gasteiger charge is 2.41. The summed E-state index contributed by atoms with van der Waals surface area (Å²) in [6, 6.07) is 9.08. The number of amidine groups is 2. The van der Waals surface area contributed by atoms with E-state index in [9.17, 15) is 36.7 Å². The maximum absolute atomic E-state index is 14.0. The van der Waals surface area contributed by atoms with E-state index in [2.05, 4.69) is 87.5 Å². The van der Waals surface area contributed by atoms with Crippen LogP contribution in [0, 0.1) is 28.7 Å². The SMILES string of the molecule is C=C1CN2C=CC3=NC2=C1C(=O)NCCOc1ncc(F)cc1C1CCCN31.N=C1CN2C=CC3=NC2=C1C(=O)NCCOc1ncc(F)cc1C1CCCN31.Nc1nn2ccc3nc2c1C(=O)NCCOc1ncc(F)cc1C1CCCN31.Nc1nn2ccc3nc2c1C(=O)NCCOc1ncc(F)cc1C1CCCN31. The minimum absolute atomic E-state index is 0.0776. The normalized spacial score (nSPS) is 21.6. The van der Waals surface area contributed by atoms with Crippen LogP contribution in [0.25, 0.3) is 11.3 Å². The molecule has 12 aliphatic rings. The Kier molecular flexibility index (Phi) is 19.2. The van der Waals surface area contributed by atoms with E-state index in [-0.39, 0.29) is 122 Å². The van der Waals surface area contributed by atoms with Crippen LogP contribution in [0.4, 0.5) is 40.8 Å². The molecular formula is C75H75F4N25O8. The fourth-order valence-electron chi connectivity index (χ4n) is 16.1. The van der Waals surface area contributed by atoms with Crippen LogP contribution in [0.1, 0.15) is 119 Å². The van der Waals surface area contributed by atoms with Crippen molar-refractivity contribution in [3.05, 3.63) is 190 Å². The van der Waals surface area contributed by atoms with Gasteiger partial charge in [-0.15, -0.1) is 10.2 Å². The quantitative estimate of drug-likeness (QED) is 0.0877. The molecule has 33 nitrogen and oxygen atoms in total. The first-order valence-corrected chi connectivity index (χ1v) is 36.9. The number of carbonyl (C=O) groups is 4. The minimum atomic E-state index is -0.416. The van der Waals surface area contributed by atoms with Gasteiger partial charge in [0.15, 0.2) is 22.9 Å². The van der Waals surface area contributed by atoms with Gasteiger partial charge in [-0.1, -0.05) is 6.58 Å². The number of fused-ring (bicyclic) bond motifs is 18. The Morgan fingerprint density at radius 2 is 0.821 bits per heavy atom. The number of pyridine rings is 4. The van der Waals surface area contributed by atoms with Gasteiger partial charge in [0.05, 0.1) is 93.0 Å². The summed E-state index contributed by atoms with van der Waals surface area (Å²) >= 11 is 0. The van der Waals surface area contributed by atoms with Gasteiger partial charge in [0.2, 0.25) is 23.5 Å². The van der Waals surface area contributed by atoms with Crippen molar-refractivity contribution in [1.29, 1.82) is 5.41 Å². The number of aliphatic imine (C=N–C) groups is 2. The molecule has 4 fully saturated rings. The van der Waals surface area contributed by atoms with E-state index in [1.807, 2.05) is 41.6 Å². The highest BCUT2D eigenvalue weighted by molar-refractivity contribution is 6.23. The van der Waals surface area contributed by atoms with Gasteiger partial charge in [-0.2, -0.15) is 0 Å². The van der Waals surface area contributed by atoms with Gasteiger partial charge in [-0.05, 0) is 105 Å². The molecule has 20 rings (SSSR count). The molecule has 8 bridgehead atoms. The predicted molar refractivity (Wildman–Crippen MR) is 398 cm³/mol. The smallest absolute Gasteiger partial charge is 0.259 e. The number of nitrogen functional groups attached to an aromatic ring is 2. The number of aromatic nitrogens is 10. The third kappa shape index (κ3) is 13.7. The molecule has 0 radical (unpaired) electrons. The Morgan fingerprint density at radius 3 is 1.22 bits per heavy atom. The van der Waals surface area contributed by atoms with Crippen molar-refractivity contribution in [1.82, 2.24) is 90.0 Å². The second-order valence-corrected chi connectivity index (χ2v) is 27.9. The Labute approximate surface area is 636 Å². The fraction of sp³-hybridized carbons (Fsp3) is 0.347. The van der Waals surface area contributed by atoms with E-state index in [4.69, 9.17) is 45.8 Å². The number of anilines is 4. The zero-order chi connectivity index (χ0) is 77.0. The van der Waals surface area contributed by atoms with Crippen LogP contribution in [-0.2, 0) is 9.59 Å². The number of hydrogen-bond acceptors (Lipinski definition) is 27. The Hall–Kier alpha value is -13.3. The summed E-state index contributed by atoms with van der Waals surface area (Å²) in [5.74, 6) is 2.71. The van der Waals surface area contributed by atoms with Gasteiger partial charge in [-0.25, -0.2) is 66.5 Å². The molecule has 8 aromatic rings. The molecule has 4 amide bonds. The summed E-state index contributed by atoms with van der Waals surface area (Å²) in [5, 5.41) is 27.7. The van der Waals surface area contributed by atoms with Crippen molar-refractivity contribution in [3.63, 3.8) is 0 Å². The van der Waals surface area contributed by atoms with Crippen molar-refractivity contribution in [3.8, 4) is 23.5 Å². The summed E-state index contributed by atoms with van der Waals surface area (Å²) in [4.78, 5) is 98.1. The van der Waals surface area contributed by atoms with E-state index in [1.54, 1.807) is 17.3 Å². The van der Waals surface area contributed by atoms with Gasteiger partial charge in [-0.3, -0.25) is 19.2 Å². The summed E-state index contributed by atoms with van der Waals surface area (Å²) < 4.78 is 81.9. The number of amides is 4. The Bertz CT molecular complexity index is 5080. The summed E-state index contributed by atoms with van der Waals surface area (Å²) in [7, 11) is 0. The van der Waals surface area contributed by atoms with E-state index in [0.29, 0.717) is 117 Å². The highest BCUT2D eigenvalue weighted by atomic mass is 19.1. The number of rotatable bonds is 0. The van der Waals surface area contributed by atoms with Crippen molar-refractivity contribution in [2.75, 3.05) is 113 Å². The average molecular weight is 1530 g/mol. The molecule has 12 aliphatic heterocycles. The molecule has 9 N–H and O–H groups in total. The number of hydrogen-bond donors (Lipinski definition) is 7. The van der Waals surface area contributed by atoms with Crippen LogP contribution in [0.15, 0.2) is 143 Å². The molecule has 0 saturated carbocycles. The van der Waals surface area contributed by atoms with Crippen molar-refractivity contribution < 1.29 is 55.7 Å². The van der Waals surface area contributed by atoms with E-state index in [0.717, 1.165) is 114 Å². The standard InChI is InChI=1S/C20H20FN5O2.C19H19FN6O2.2C18H18FN7O2/c1-12-11-25-7-4-16-24-18(25)17(12)19(27)22-5-8-28-20-14(9-13(21)10-23-20)15-3-2-6-26(15)16;20-11-8-12-14-2-1-5-26(14)15-3-6-25-10-13(21)16(17(25)24-15)18(27)22-4-7-28-19(12)23-9-11;2*19-10-8-11-12-2-1-5-25(12)13-3-6-26-16(23-13)14(15(20)24-26)17(27)21-4-7-28-18(11)22-9-10/h4,7,9-10,15H,1-3,5-6,8,11H2,(H,22,27);3,6,8-9,14,21H,1-2,4-5,7,10H2,(H,22,27);2*3,6,8-9,12H,1-2,4-5,7H2,(H2,20,24)(H,21,27). The molecule has 0 aromatic carbocycles. The maximum atomic E-state index is 14.0. The van der Waals surface area contributed by atoms with Crippen LogP contribution >= 0.6 is 0 Å². The molecule has 8 aromatic heterocycles. The second-order valence-electron chi connectivity index (χ2n) is 27.9. The molecule has 20 heterocycles. The first kappa shape index (κ1) is 71.7. The zero-order valence-electron chi connectivity index (χ0n) is 60.3. The van der Waals surface area contributed by atoms with Gasteiger partial charge < -0.3 is 86.5 Å². The average Bonchev–Trinajstić information content (AvgIpc) is 1.62. The lowest BCUT2D eigenvalue weighted by atomic mass is 10.1. The molecule has 112 heavy (non-hydrogen) atoms. The lowest BCUT2D eigenvalue weighted by molar-refractivity contribution is -0.118. The van der Waals surface area contributed by atoms with E-state index in [1.165, 1.54) is 33.3 Å². The fourth-order valence-corrected chi connectivity index (χ4v) is 16.1. The molecule has 37 heteroatoms. The zero-order valence-corrected chi connectivity index (χ0v) is 60.3. The second kappa shape index (κ2) is 30.0. The number of ether oxygens (including phenoxy) is 4. The first-order chi connectivity index (χ1) is 54.5. The monoisotopic (exact) mass is 1530 g/mol. The minimum Gasteiger partial charge on any atom is -0.476 e. The summed E-state index contributed by atoms with van der Waals surface area (Å²) in [6.45, 7) is 9.82. The number of nitrogens with one attached hydrogen (secondary N) is 5. The lowest BCUT2D eigenvalue weighted by Crippen LogP contribution is -2.32. The molecule has 4 saturated heterocycles. The number of nitrogens with two attached hydrogens (primary N) is 2. The van der Waals surface area contributed by atoms with Gasteiger partial charge >= 0.3 is 0 Å². The van der Waals surface area contributed by atoms with Crippen LogP contribution in [0.3, 0.4) is 0 Å². The molecule has 576 valence electrons. The summed E-state index contributed by atoms with van der Waals surface area (Å²) in [6.07, 6.45) is 22.7. The van der Waals surface area contributed by atoms with E-state index < -0.39 is 23.3 Å². The molecular weight excluding hydrogens is 1450 g/mol. The van der Waals surface area contributed by atoms with Crippen LogP contribution in [-0.4, -0.2) is 202 Å². The summed E-state index contributed by atoms with van der Waals surface area (Å²) in [5.41, 5.74) is 17.7. The number of nitrogens with zero attached hydrogens (tertiary/aromatic N) is 18. The molecule has 4 atom stereocenters. The lowest BCUT2D eigenvalue weighted by Gasteiger charge is -2.30. The maximum Gasteiger partial charge on any atom is 0.259 e. The van der Waals surface area contributed by atoms with Crippen molar-refractivity contribution in [2.45, 2.75) is 75.5 Å².